The van der Waals surface area contributed by atoms with Gasteiger partial charge in [-0.15, -0.1) is 0 Å². The second-order valence-corrected chi connectivity index (χ2v) is 8.72. The third-order valence-electron chi connectivity index (χ3n) is 5.15. The number of sulfonamides is 1. The molecule has 1 aromatic carbocycles. The Morgan fingerprint density at radius 2 is 1.96 bits per heavy atom. The maximum absolute atomic E-state index is 12.9. The molecule has 0 unspecified atom stereocenters. The molecule has 0 saturated carbocycles. The van der Waals surface area contributed by atoms with Crippen molar-refractivity contribution in [2.45, 2.75) is 44.0 Å². The van der Waals surface area contributed by atoms with Crippen molar-refractivity contribution in [1.82, 2.24) is 19.4 Å². The van der Waals surface area contributed by atoms with Gasteiger partial charge in [0.2, 0.25) is 10.0 Å². The number of likely N-dealkylation sites (tertiary alicyclic amines) is 1. The Hall–Kier alpha value is -1.74. The van der Waals surface area contributed by atoms with Gasteiger partial charge in [0.15, 0.2) is 0 Å². The van der Waals surface area contributed by atoms with Gasteiger partial charge in [-0.05, 0) is 45.4 Å². The van der Waals surface area contributed by atoms with Gasteiger partial charge in [-0.1, -0.05) is 24.6 Å². The highest BCUT2D eigenvalue weighted by Crippen LogP contribution is 2.22. The Bertz CT molecular complexity index is 865. The molecular weight excluding hydrogens is 364 g/mol. The first-order valence-corrected chi connectivity index (χ1v) is 10.9. The first-order chi connectivity index (χ1) is 12.9. The van der Waals surface area contributed by atoms with Gasteiger partial charge in [0.1, 0.15) is 4.90 Å². The summed E-state index contributed by atoms with van der Waals surface area (Å²) in [7, 11) is -3.66. The van der Waals surface area contributed by atoms with Crippen LogP contribution in [0.15, 0.2) is 35.2 Å². The fourth-order valence-electron chi connectivity index (χ4n) is 3.79. The summed E-state index contributed by atoms with van der Waals surface area (Å²) < 4.78 is 30.1. The normalized spacial score (nSPS) is 18.7. The molecule has 1 aliphatic heterocycles. The lowest BCUT2D eigenvalue weighted by Crippen LogP contribution is -2.45. The number of aromatic nitrogens is 2. The molecule has 3 rings (SSSR count). The number of aliphatic hydroxyl groups is 1. The summed E-state index contributed by atoms with van der Waals surface area (Å²) in [6.07, 6.45) is 3.17. The predicted octanol–water partition coefficient (Wildman–Crippen LogP) is 1.61. The lowest BCUT2D eigenvalue weighted by molar-refractivity contribution is 0.0923. The van der Waals surface area contributed by atoms with Gasteiger partial charge in [-0.2, -0.15) is 5.10 Å². The van der Waals surface area contributed by atoms with E-state index in [9.17, 15) is 13.5 Å². The van der Waals surface area contributed by atoms with E-state index in [1.165, 1.54) is 0 Å². The summed E-state index contributed by atoms with van der Waals surface area (Å²) in [5, 5.41) is 13.9. The molecular formula is C19H28N4O3S. The molecule has 0 amide bonds. The maximum atomic E-state index is 12.9. The smallest absolute Gasteiger partial charge is 0.244 e. The molecule has 0 aliphatic carbocycles. The zero-order chi connectivity index (χ0) is 19.4. The SMILES string of the molecule is Cc1nn(-c2ccccc2)c(C)c1S(=O)(=O)NCCN1CCCC[C@H]1CO. The van der Waals surface area contributed by atoms with Crippen molar-refractivity contribution in [2.75, 3.05) is 26.2 Å². The quantitative estimate of drug-likeness (QED) is 0.748. The van der Waals surface area contributed by atoms with E-state index in [1.807, 2.05) is 30.3 Å². The summed E-state index contributed by atoms with van der Waals surface area (Å²) in [4.78, 5) is 2.41. The van der Waals surface area contributed by atoms with Crippen molar-refractivity contribution in [2.24, 2.45) is 0 Å². The average Bonchev–Trinajstić information content (AvgIpc) is 2.97. The summed E-state index contributed by atoms with van der Waals surface area (Å²) >= 11 is 0. The highest BCUT2D eigenvalue weighted by Gasteiger charge is 2.26. The zero-order valence-corrected chi connectivity index (χ0v) is 16.7. The first-order valence-electron chi connectivity index (χ1n) is 9.40. The highest BCUT2D eigenvalue weighted by atomic mass is 32.2. The minimum absolute atomic E-state index is 0.120. The van der Waals surface area contributed by atoms with Gasteiger partial charge in [0, 0.05) is 19.1 Å². The number of piperidine rings is 1. The monoisotopic (exact) mass is 392 g/mol. The van der Waals surface area contributed by atoms with E-state index in [1.54, 1.807) is 18.5 Å². The van der Waals surface area contributed by atoms with E-state index in [-0.39, 0.29) is 17.5 Å². The Labute approximate surface area is 161 Å². The second kappa shape index (κ2) is 8.52. The molecule has 148 valence electrons. The van der Waals surface area contributed by atoms with Crippen molar-refractivity contribution < 1.29 is 13.5 Å². The maximum Gasteiger partial charge on any atom is 0.244 e. The molecule has 27 heavy (non-hydrogen) atoms. The van der Waals surface area contributed by atoms with E-state index in [4.69, 9.17) is 0 Å². The van der Waals surface area contributed by atoms with E-state index in [0.29, 0.717) is 24.5 Å². The number of benzene rings is 1. The Kier molecular flexibility index (Phi) is 6.31. The highest BCUT2D eigenvalue weighted by molar-refractivity contribution is 7.89. The lowest BCUT2D eigenvalue weighted by Gasteiger charge is -2.34. The third-order valence-corrected chi connectivity index (χ3v) is 6.86. The molecule has 2 N–H and O–H groups in total. The number of nitrogens with one attached hydrogen (secondary N) is 1. The van der Waals surface area contributed by atoms with Crippen LogP contribution in [0.1, 0.15) is 30.7 Å². The molecule has 8 heteroatoms. The molecule has 1 atom stereocenters. The minimum Gasteiger partial charge on any atom is -0.395 e. The van der Waals surface area contributed by atoms with E-state index >= 15 is 0 Å². The lowest BCUT2D eigenvalue weighted by atomic mass is 10.0. The van der Waals surface area contributed by atoms with E-state index in [0.717, 1.165) is 31.5 Å². The van der Waals surface area contributed by atoms with Crippen LogP contribution in [-0.2, 0) is 10.0 Å². The summed E-state index contributed by atoms with van der Waals surface area (Å²) in [6, 6.07) is 9.63. The van der Waals surface area contributed by atoms with Crippen molar-refractivity contribution in [3.63, 3.8) is 0 Å². The number of hydrogen-bond acceptors (Lipinski definition) is 5. The van der Waals surface area contributed by atoms with Crippen LogP contribution >= 0.6 is 0 Å². The number of nitrogens with zero attached hydrogens (tertiary/aromatic N) is 3. The fraction of sp³-hybridized carbons (Fsp3) is 0.526. The summed E-state index contributed by atoms with van der Waals surface area (Å²) in [6.45, 7) is 5.41. The zero-order valence-electron chi connectivity index (χ0n) is 15.9. The van der Waals surface area contributed by atoms with Crippen LogP contribution in [-0.4, -0.2) is 60.5 Å². The number of rotatable bonds is 7. The van der Waals surface area contributed by atoms with Crippen LogP contribution in [0.4, 0.5) is 0 Å². The number of aryl methyl sites for hydroxylation is 1. The van der Waals surface area contributed by atoms with Crippen LogP contribution in [0.25, 0.3) is 5.69 Å². The molecule has 1 saturated heterocycles. The van der Waals surface area contributed by atoms with Gasteiger partial charge >= 0.3 is 0 Å². The molecule has 0 spiro atoms. The van der Waals surface area contributed by atoms with E-state index in [2.05, 4.69) is 14.7 Å². The van der Waals surface area contributed by atoms with Crippen LogP contribution in [0, 0.1) is 13.8 Å². The topological polar surface area (TPSA) is 87.5 Å². The standard InChI is InChI=1S/C19H28N4O3S/c1-15-19(16(2)23(21-15)17-8-4-3-5-9-17)27(25,26)20-11-13-22-12-7-6-10-18(22)14-24/h3-5,8-9,18,20,24H,6-7,10-14H2,1-2H3/t18-/m0/s1. The van der Waals surface area contributed by atoms with Gasteiger partial charge in [0.05, 0.1) is 23.7 Å². The molecule has 7 nitrogen and oxygen atoms in total. The minimum atomic E-state index is -3.66. The van der Waals surface area contributed by atoms with Crippen molar-refractivity contribution in [3.05, 3.63) is 41.7 Å². The first kappa shape index (κ1) is 20.0. The summed E-state index contributed by atoms with van der Waals surface area (Å²) in [5.74, 6) is 0. The molecule has 2 aromatic rings. The second-order valence-electron chi connectivity index (χ2n) is 7.01. The van der Waals surface area contributed by atoms with Gasteiger partial charge in [-0.25, -0.2) is 17.8 Å². The van der Waals surface area contributed by atoms with Gasteiger partial charge in [-0.3, -0.25) is 4.90 Å². The third kappa shape index (κ3) is 4.40. The van der Waals surface area contributed by atoms with Crippen molar-refractivity contribution in [1.29, 1.82) is 0 Å². The van der Waals surface area contributed by atoms with Gasteiger partial charge in [0.25, 0.3) is 0 Å². The number of hydrogen-bond donors (Lipinski definition) is 2. The number of aliphatic hydroxyl groups excluding tert-OH is 1. The van der Waals surface area contributed by atoms with Crippen LogP contribution in [0.3, 0.4) is 0 Å². The Balaban J connectivity index is 1.73. The Morgan fingerprint density at radius 3 is 2.67 bits per heavy atom. The van der Waals surface area contributed by atoms with Crippen LogP contribution in [0.2, 0.25) is 0 Å². The van der Waals surface area contributed by atoms with E-state index < -0.39 is 10.0 Å². The molecule has 0 radical (unpaired) electrons. The Morgan fingerprint density at radius 1 is 1.22 bits per heavy atom. The molecule has 2 heterocycles. The molecule has 1 aliphatic rings. The molecule has 0 bridgehead atoms. The van der Waals surface area contributed by atoms with Gasteiger partial charge < -0.3 is 5.11 Å². The molecule has 1 fully saturated rings. The molecule has 1 aromatic heterocycles. The van der Waals surface area contributed by atoms with Crippen molar-refractivity contribution >= 4 is 10.0 Å². The van der Waals surface area contributed by atoms with Crippen molar-refractivity contribution in [3.8, 4) is 5.69 Å². The fourth-order valence-corrected chi connectivity index (χ4v) is 5.20. The predicted molar refractivity (Wildman–Crippen MR) is 105 cm³/mol. The largest absolute Gasteiger partial charge is 0.395 e. The average molecular weight is 393 g/mol. The van der Waals surface area contributed by atoms with Crippen LogP contribution in [0.5, 0.6) is 0 Å². The van der Waals surface area contributed by atoms with Crippen LogP contribution < -0.4 is 4.72 Å². The summed E-state index contributed by atoms with van der Waals surface area (Å²) in [5.41, 5.74) is 1.91. The number of para-hydroxylation sites is 1.